The third-order valence-corrected chi connectivity index (χ3v) is 6.86. The van der Waals surface area contributed by atoms with Crippen LogP contribution in [0.25, 0.3) is 0 Å². The quantitative estimate of drug-likeness (QED) is 0.174. The number of carbonyl (C=O) groups is 2. The van der Waals surface area contributed by atoms with Crippen LogP contribution in [0, 0.1) is 11.8 Å². The van der Waals surface area contributed by atoms with Gasteiger partial charge in [0, 0.05) is 18.2 Å². The number of hydrogen-bond acceptors (Lipinski definition) is 8. The summed E-state index contributed by atoms with van der Waals surface area (Å²) in [6, 6.07) is 4.67. The molecule has 0 atom stereocenters. The zero-order valence-electron chi connectivity index (χ0n) is 22.2. The van der Waals surface area contributed by atoms with Gasteiger partial charge in [-0.25, -0.2) is 9.78 Å². The summed E-state index contributed by atoms with van der Waals surface area (Å²) >= 11 is 5.72. The van der Waals surface area contributed by atoms with Crippen LogP contribution in [0.1, 0.15) is 67.9 Å². The maximum atomic E-state index is 13.8. The molecule has 1 saturated carbocycles. The van der Waals surface area contributed by atoms with Crippen molar-refractivity contribution in [3.8, 4) is 11.6 Å². The van der Waals surface area contributed by atoms with Crippen molar-refractivity contribution in [2.24, 2.45) is 17.7 Å². The van der Waals surface area contributed by atoms with Gasteiger partial charge in [0.2, 0.25) is 11.8 Å². The molecular weight excluding hydrogens is 539 g/mol. The topological polar surface area (TPSA) is 110 Å². The Morgan fingerprint density at radius 1 is 1.21 bits per heavy atom. The Morgan fingerprint density at radius 3 is 2.44 bits per heavy atom. The summed E-state index contributed by atoms with van der Waals surface area (Å²) in [5.41, 5.74) is 1.35. The molecule has 0 bridgehead atoms. The number of anilines is 1. The van der Waals surface area contributed by atoms with Gasteiger partial charge in [-0.15, -0.1) is 4.53 Å². The molecule has 13 heteroatoms. The highest BCUT2D eigenvalue weighted by Gasteiger charge is 2.37. The first-order chi connectivity index (χ1) is 18.3. The highest BCUT2D eigenvalue weighted by Crippen LogP contribution is 2.39. The number of ether oxygens (including phenoxy) is 2. The summed E-state index contributed by atoms with van der Waals surface area (Å²) in [4.78, 5) is 31.7. The monoisotopic (exact) mass is 571 g/mol. The van der Waals surface area contributed by atoms with Crippen molar-refractivity contribution in [2.45, 2.75) is 65.2 Å². The van der Waals surface area contributed by atoms with E-state index in [0.717, 1.165) is 42.5 Å². The molecule has 0 aliphatic heterocycles. The largest absolute Gasteiger partial charge is 0.465 e. The third-order valence-electron chi connectivity index (χ3n) is 6.64. The second-order valence-electron chi connectivity index (χ2n) is 9.87. The zero-order chi connectivity index (χ0) is 28.9. The van der Waals surface area contributed by atoms with E-state index in [4.69, 9.17) is 27.1 Å². The number of alkyl halides is 3. The molecule has 1 aliphatic rings. The molecule has 1 aliphatic carbocycles. The van der Waals surface area contributed by atoms with Crippen LogP contribution < -0.4 is 21.0 Å². The number of methoxy groups -OCH3 is 1. The lowest BCUT2D eigenvalue weighted by atomic mass is 9.82. The van der Waals surface area contributed by atoms with Gasteiger partial charge in [0.15, 0.2) is 0 Å². The van der Waals surface area contributed by atoms with Crippen molar-refractivity contribution in [1.82, 2.24) is 15.0 Å². The van der Waals surface area contributed by atoms with Gasteiger partial charge in [-0.2, -0.15) is 18.7 Å². The Labute approximate surface area is 230 Å². The van der Waals surface area contributed by atoms with Gasteiger partial charge in [0.05, 0.1) is 24.9 Å². The highest BCUT2D eigenvalue weighted by atomic mass is 35.5. The molecule has 1 aromatic carbocycles. The van der Waals surface area contributed by atoms with Gasteiger partial charge in [0.25, 0.3) is 0 Å². The maximum absolute atomic E-state index is 13.8. The number of nitrogens with zero attached hydrogens (tertiary/aromatic N) is 3. The summed E-state index contributed by atoms with van der Waals surface area (Å²) in [6.45, 7) is 5.65. The minimum absolute atomic E-state index is 0.0155. The Balaban J connectivity index is 1.99. The summed E-state index contributed by atoms with van der Waals surface area (Å²) in [5.74, 6) is 3.86. The molecular formula is C26H33ClF3N5O4. The van der Waals surface area contributed by atoms with Gasteiger partial charge in [-0.1, -0.05) is 6.92 Å². The van der Waals surface area contributed by atoms with Crippen LogP contribution in [0.5, 0.6) is 11.6 Å². The first-order valence-corrected chi connectivity index (χ1v) is 12.9. The van der Waals surface area contributed by atoms with E-state index in [2.05, 4.69) is 17.4 Å². The second kappa shape index (κ2) is 12.9. The number of hydrazine groups is 2. The number of carbonyl (C=O) groups excluding carboxylic acids is 2. The average molecular weight is 572 g/mol. The van der Waals surface area contributed by atoms with E-state index in [9.17, 15) is 22.8 Å². The molecule has 214 valence electrons. The molecule has 39 heavy (non-hydrogen) atoms. The zero-order valence-corrected chi connectivity index (χ0v) is 23.0. The molecule has 0 saturated heterocycles. The summed E-state index contributed by atoms with van der Waals surface area (Å²) in [6.07, 6.45) is -0.243. The summed E-state index contributed by atoms with van der Waals surface area (Å²) in [5, 5.41) is 0. The molecule has 3 N–H and O–H groups in total. The van der Waals surface area contributed by atoms with E-state index >= 15 is 0 Å². The third kappa shape index (κ3) is 7.59. The smallest absolute Gasteiger partial charge is 0.421 e. The van der Waals surface area contributed by atoms with Gasteiger partial charge in [-0.3, -0.25) is 10.6 Å². The first-order valence-electron chi connectivity index (χ1n) is 12.5. The van der Waals surface area contributed by atoms with E-state index in [0.29, 0.717) is 11.6 Å². The number of pyridine rings is 1. The predicted molar refractivity (Wildman–Crippen MR) is 140 cm³/mol. The van der Waals surface area contributed by atoms with E-state index in [1.165, 1.54) is 25.3 Å². The van der Waals surface area contributed by atoms with Crippen LogP contribution in [0.3, 0.4) is 0 Å². The van der Waals surface area contributed by atoms with Crippen molar-refractivity contribution < 1.29 is 32.2 Å². The molecule has 9 nitrogen and oxygen atoms in total. The van der Waals surface area contributed by atoms with Crippen LogP contribution in [-0.4, -0.2) is 34.5 Å². The van der Waals surface area contributed by atoms with Crippen molar-refractivity contribution in [2.75, 3.05) is 12.0 Å². The lowest BCUT2D eigenvalue weighted by Crippen LogP contribution is -2.43. The van der Waals surface area contributed by atoms with Gasteiger partial charge in [0.1, 0.15) is 11.3 Å². The van der Waals surface area contributed by atoms with Crippen LogP contribution in [-0.2, 0) is 22.3 Å². The van der Waals surface area contributed by atoms with Gasteiger partial charge < -0.3 is 14.4 Å². The molecule has 0 radical (unpaired) electrons. The maximum Gasteiger partial charge on any atom is 0.421 e. The summed E-state index contributed by atoms with van der Waals surface area (Å²) in [7, 11) is 1.18. The number of hydrogen-bond donors (Lipinski definition) is 2. The van der Waals surface area contributed by atoms with E-state index < -0.39 is 23.6 Å². The Hall–Kier alpha value is -2.93. The Kier molecular flexibility index (Phi) is 10.2. The molecule has 1 heterocycles. The van der Waals surface area contributed by atoms with Crippen molar-refractivity contribution in [3.63, 3.8) is 0 Å². The number of aromatic nitrogens is 1. The fraction of sp³-hybridized carbons (Fsp3) is 0.500. The Morgan fingerprint density at radius 2 is 1.87 bits per heavy atom. The lowest BCUT2D eigenvalue weighted by molar-refractivity contribution is -0.139. The van der Waals surface area contributed by atoms with E-state index in [1.54, 1.807) is 4.90 Å². The molecule has 3 rings (SSSR count). The number of benzene rings is 1. The average Bonchev–Trinajstić information content (AvgIpc) is 2.89. The molecule has 1 fully saturated rings. The van der Waals surface area contributed by atoms with Crippen LogP contribution >= 0.6 is 11.8 Å². The van der Waals surface area contributed by atoms with Crippen molar-refractivity contribution >= 4 is 29.3 Å². The number of nitrogens with two attached hydrogens (primary N) is 1. The van der Waals surface area contributed by atoms with E-state index in [1.807, 2.05) is 13.8 Å². The normalized spacial score (nSPS) is 17.8. The molecule has 1 amide bonds. The van der Waals surface area contributed by atoms with Crippen molar-refractivity contribution in [3.05, 3.63) is 47.2 Å². The molecule has 0 unspecified atom stereocenters. The van der Waals surface area contributed by atoms with Crippen LogP contribution in [0.4, 0.5) is 18.9 Å². The first kappa shape index (κ1) is 30.6. The van der Waals surface area contributed by atoms with Gasteiger partial charge in [-0.05, 0) is 87.1 Å². The highest BCUT2D eigenvalue weighted by molar-refractivity contribution is 6.12. The fourth-order valence-corrected chi connectivity index (χ4v) is 4.74. The number of nitrogens with one attached hydrogen (secondary N) is 1. The molecule has 1 aromatic heterocycles. The van der Waals surface area contributed by atoms with Crippen molar-refractivity contribution in [1.29, 1.82) is 0 Å². The SMILES string of the molecule is COC(=O)c1cc(Oc2ncc(CN(Cl)NN)cc2C(F)(F)F)ccc1N(C(=O)[C@H]1CC[C@H](C)CC1)C(C)C. The second-order valence-corrected chi connectivity index (χ2v) is 10.3. The van der Waals surface area contributed by atoms with Gasteiger partial charge >= 0.3 is 12.1 Å². The lowest BCUT2D eigenvalue weighted by Gasteiger charge is -2.34. The number of amides is 1. The van der Waals surface area contributed by atoms with E-state index in [-0.39, 0.29) is 41.3 Å². The predicted octanol–water partition coefficient (Wildman–Crippen LogP) is 5.58. The summed E-state index contributed by atoms with van der Waals surface area (Å²) < 4.78 is 52.8. The van der Waals surface area contributed by atoms with Crippen LogP contribution in [0.15, 0.2) is 30.5 Å². The Bertz CT molecular complexity index is 1170. The number of rotatable bonds is 9. The number of halogens is 4. The minimum atomic E-state index is -4.80. The standard InChI is InChI=1S/C26H33ClF3N5O4/c1-15(2)35(24(36)18-7-5-16(3)6-8-18)22-10-9-19(12-20(22)25(37)38-4)39-23-21(26(28,29)30)11-17(13-32-23)14-34(27)33-31/h9-13,15-16,18,33H,5-8,14,31H2,1-4H3/t16-,18-. The minimum Gasteiger partial charge on any atom is -0.465 e. The molecule has 2 aromatic rings. The van der Waals surface area contributed by atoms with Crippen LogP contribution in [0.2, 0.25) is 0 Å². The molecule has 0 spiro atoms. The number of esters is 1. The fourth-order valence-electron chi connectivity index (χ4n) is 4.60.